The van der Waals surface area contributed by atoms with Crippen LogP contribution in [-0.2, 0) is 17.6 Å². The average molecular weight is 417 g/mol. The first-order valence-electron chi connectivity index (χ1n) is 11.8. The van der Waals surface area contributed by atoms with E-state index in [-0.39, 0.29) is 18.1 Å². The van der Waals surface area contributed by atoms with Gasteiger partial charge in [-0.2, -0.15) is 4.98 Å². The summed E-state index contributed by atoms with van der Waals surface area (Å²) in [5, 5.41) is 3.24. The molecule has 7 nitrogen and oxygen atoms in total. The van der Waals surface area contributed by atoms with Gasteiger partial charge in [-0.05, 0) is 25.7 Å². The van der Waals surface area contributed by atoms with Crippen LogP contribution < -0.4 is 10.1 Å². The SMILES string of the molecule is CC(C)c1nc2c(c(OC3CCCN(C(=O)NC4CCCCC4)C3)n1)CCOCC2. The lowest BCUT2D eigenvalue weighted by molar-refractivity contribution is 0.0943. The van der Waals surface area contributed by atoms with E-state index < -0.39 is 0 Å². The highest BCUT2D eigenvalue weighted by Gasteiger charge is 2.29. The number of aromatic nitrogens is 2. The molecule has 1 atom stereocenters. The number of urea groups is 1. The third kappa shape index (κ3) is 5.23. The number of piperidine rings is 1. The summed E-state index contributed by atoms with van der Waals surface area (Å²) in [6, 6.07) is 0.395. The molecule has 1 aromatic heterocycles. The third-order valence-electron chi connectivity index (χ3n) is 6.44. The van der Waals surface area contributed by atoms with Gasteiger partial charge in [0, 0.05) is 36.9 Å². The Morgan fingerprint density at radius 1 is 1.10 bits per heavy atom. The lowest BCUT2D eigenvalue weighted by Crippen LogP contribution is -2.51. The van der Waals surface area contributed by atoms with Crippen molar-refractivity contribution in [1.82, 2.24) is 20.2 Å². The fourth-order valence-electron chi connectivity index (χ4n) is 4.67. The van der Waals surface area contributed by atoms with Gasteiger partial charge in [-0.3, -0.25) is 0 Å². The first-order chi connectivity index (χ1) is 14.6. The molecule has 2 fully saturated rings. The molecule has 1 unspecified atom stereocenters. The van der Waals surface area contributed by atoms with Crippen LogP contribution in [0.2, 0.25) is 0 Å². The topological polar surface area (TPSA) is 76.6 Å². The van der Waals surface area contributed by atoms with E-state index in [0.29, 0.717) is 31.7 Å². The molecule has 30 heavy (non-hydrogen) atoms. The Balaban J connectivity index is 1.44. The molecule has 4 rings (SSSR count). The number of likely N-dealkylation sites (tertiary alicyclic amines) is 1. The van der Waals surface area contributed by atoms with Crippen LogP contribution >= 0.6 is 0 Å². The van der Waals surface area contributed by atoms with Crippen LogP contribution in [0.25, 0.3) is 0 Å². The maximum Gasteiger partial charge on any atom is 0.317 e. The van der Waals surface area contributed by atoms with E-state index in [4.69, 9.17) is 19.4 Å². The Hall–Kier alpha value is -1.89. The molecule has 1 saturated heterocycles. The minimum absolute atomic E-state index is 0.0287. The maximum atomic E-state index is 12.8. The number of amides is 2. The Labute approximate surface area is 179 Å². The number of carbonyl (C=O) groups excluding carboxylic acids is 1. The quantitative estimate of drug-likeness (QED) is 0.812. The number of ether oxygens (including phenoxy) is 2. The van der Waals surface area contributed by atoms with Gasteiger partial charge in [0.15, 0.2) is 0 Å². The summed E-state index contributed by atoms with van der Waals surface area (Å²) in [7, 11) is 0. The molecule has 3 heterocycles. The van der Waals surface area contributed by atoms with Crippen LogP contribution in [0.3, 0.4) is 0 Å². The molecule has 3 aliphatic rings. The van der Waals surface area contributed by atoms with Crippen LogP contribution in [0.5, 0.6) is 5.88 Å². The van der Waals surface area contributed by atoms with Crippen LogP contribution in [0.1, 0.15) is 81.8 Å². The Morgan fingerprint density at radius 2 is 1.90 bits per heavy atom. The van der Waals surface area contributed by atoms with E-state index in [0.717, 1.165) is 62.2 Å². The number of carbonyl (C=O) groups is 1. The van der Waals surface area contributed by atoms with Gasteiger partial charge in [0.25, 0.3) is 0 Å². The molecule has 1 saturated carbocycles. The van der Waals surface area contributed by atoms with Crippen molar-refractivity contribution in [1.29, 1.82) is 0 Å². The molecule has 0 spiro atoms. The monoisotopic (exact) mass is 416 g/mol. The number of fused-ring (bicyclic) bond motifs is 1. The summed E-state index contributed by atoms with van der Waals surface area (Å²) in [5.74, 6) is 1.77. The second-order valence-corrected chi connectivity index (χ2v) is 9.19. The zero-order chi connectivity index (χ0) is 20.9. The molecule has 0 bridgehead atoms. The van der Waals surface area contributed by atoms with E-state index in [1.165, 1.54) is 19.3 Å². The number of rotatable bonds is 4. The second kappa shape index (κ2) is 9.94. The molecule has 0 aromatic carbocycles. The smallest absolute Gasteiger partial charge is 0.317 e. The molecule has 7 heteroatoms. The third-order valence-corrected chi connectivity index (χ3v) is 6.44. The van der Waals surface area contributed by atoms with Gasteiger partial charge in [0.1, 0.15) is 11.9 Å². The summed E-state index contributed by atoms with van der Waals surface area (Å²) in [5.41, 5.74) is 2.14. The molecule has 1 N–H and O–H groups in total. The van der Waals surface area contributed by atoms with Crippen molar-refractivity contribution in [3.8, 4) is 5.88 Å². The molecule has 1 aliphatic carbocycles. The second-order valence-electron chi connectivity index (χ2n) is 9.19. The fraction of sp³-hybridized carbons (Fsp3) is 0.783. The zero-order valence-corrected chi connectivity index (χ0v) is 18.5. The van der Waals surface area contributed by atoms with Crippen LogP contribution in [0, 0.1) is 0 Å². The van der Waals surface area contributed by atoms with Crippen LogP contribution in [0.15, 0.2) is 0 Å². The van der Waals surface area contributed by atoms with Crippen LogP contribution in [-0.4, -0.2) is 59.3 Å². The van der Waals surface area contributed by atoms with Gasteiger partial charge in [-0.25, -0.2) is 9.78 Å². The Kier molecular flexibility index (Phi) is 7.08. The lowest BCUT2D eigenvalue weighted by Gasteiger charge is -2.34. The summed E-state index contributed by atoms with van der Waals surface area (Å²) >= 11 is 0. The highest BCUT2D eigenvalue weighted by molar-refractivity contribution is 5.74. The average Bonchev–Trinajstić information content (AvgIpc) is 3.00. The molecular weight excluding hydrogens is 380 g/mol. The first-order valence-corrected chi connectivity index (χ1v) is 11.8. The van der Waals surface area contributed by atoms with E-state index in [2.05, 4.69) is 19.2 Å². The van der Waals surface area contributed by atoms with Crippen molar-refractivity contribution in [2.24, 2.45) is 0 Å². The lowest BCUT2D eigenvalue weighted by atomic mass is 9.96. The van der Waals surface area contributed by atoms with Gasteiger partial charge >= 0.3 is 6.03 Å². The zero-order valence-electron chi connectivity index (χ0n) is 18.5. The van der Waals surface area contributed by atoms with E-state index >= 15 is 0 Å². The number of nitrogens with zero attached hydrogens (tertiary/aromatic N) is 3. The van der Waals surface area contributed by atoms with Crippen molar-refractivity contribution in [2.45, 2.75) is 89.7 Å². The van der Waals surface area contributed by atoms with E-state index in [1.807, 2.05) is 4.90 Å². The normalized spacial score (nSPS) is 23.0. The van der Waals surface area contributed by atoms with Gasteiger partial charge in [0.05, 0.1) is 25.5 Å². The van der Waals surface area contributed by atoms with E-state index in [9.17, 15) is 4.79 Å². The number of nitrogens with one attached hydrogen (secondary N) is 1. The Bertz CT molecular complexity index is 733. The van der Waals surface area contributed by atoms with Gasteiger partial charge in [-0.1, -0.05) is 33.1 Å². The maximum absolute atomic E-state index is 12.8. The van der Waals surface area contributed by atoms with Gasteiger partial charge < -0.3 is 19.7 Å². The van der Waals surface area contributed by atoms with Gasteiger partial charge in [0.2, 0.25) is 5.88 Å². The largest absolute Gasteiger partial charge is 0.472 e. The highest BCUT2D eigenvalue weighted by atomic mass is 16.5. The highest BCUT2D eigenvalue weighted by Crippen LogP contribution is 2.28. The minimum Gasteiger partial charge on any atom is -0.472 e. The molecule has 2 aliphatic heterocycles. The number of hydrogen-bond acceptors (Lipinski definition) is 5. The molecule has 1 aromatic rings. The van der Waals surface area contributed by atoms with Crippen molar-refractivity contribution >= 4 is 6.03 Å². The fourth-order valence-corrected chi connectivity index (χ4v) is 4.67. The minimum atomic E-state index is -0.0287. The predicted molar refractivity (Wildman–Crippen MR) is 115 cm³/mol. The molecule has 2 amide bonds. The number of hydrogen-bond donors (Lipinski definition) is 1. The van der Waals surface area contributed by atoms with Crippen LogP contribution in [0.4, 0.5) is 4.79 Å². The predicted octanol–water partition coefficient (Wildman–Crippen LogP) is 3.60. The summed E-state index contributed by atoms with van der Waals surface area (Å²) < 4.78 is 12.1. The van der Waals surface area contributed by atoms with Crippen molar-refractivity contribution < 1.29 is 14.3 Å². The van der Waals surface area contributed by atoms with E-state index in [1.54, 1.807) is 0 Å². The summed E-state index contributed by atoms with van der Waals surface area (Å²) in [4.78, 5) is 24.3. The van der Waals surface area contributed by atoms with Crippen molar-refractivity contribution in [3.05, 3.63) is 17.1 Å². The standard InChI is InChI=1S/C23H36N4O3/c1-16(2)21-25-20-11-14-29-13-10-19(20)22(26-21)30-18-9-6-12-27(15-18)23(28)24-17-7-4-3-5-8-17/h16-18H,3-15H2,1-2H3,(H,24,28). The Morgan fingerprint density at radius 3 is 2.70 bits per heavy atom. The van der Waals surface area contributed by atoms with Gasteiger partial charge in [-0.15, -0.1) is 0 Å². The summed E-state index contributed by atoms with van der Waals surface area (Å²) in [6.07, 6.45) is 9.39. The summed E-state index contributed by atoms with van der Waals surface area (Å²) in [6.45, 7) is 7.00. The molecule has 0 radical (unpaired) electrons. The first kappa shape index (κ1) is 21.3. The molecular formula is C23H36N4O3. The molecule has 166 valence electrons. The van der Waals surface area contributed by atoms with Crippen molar-refractivity contribution in [3.63, 3.8) is 0 Å². The van der Waals surface area contributed by atoms with Crippen molar-refractivity contribution in [2.75, 3.05) is 26.3 Å².